The van der Waals surface area contributed by atoms with Crippen LogP contribution < -0.4 is 10.1 Å². The zero-order valence-electron chi connectivity index (χ0n) is 16.8. The number of para-hydroxylation sites is 1. The van der Waals surface area contributed by atoms with Gasteiger partial charge in [0.2, 0.25) is 0 Å². The molecule has 9 heteroatoms. The molecule has 1 amide bonds. The van der Waals surface area contributed by atoms with Crippen LogP contribution in [0.4, 0.5) is 5.82 Å². The molecule has 3 heterocycles. The van der Waals surface area contributed by atoms with Crippen LogP contribution in [0.5, 0.6) is 5.75 Å². The topological polar surface area (TPSA) is 108 Å². The molecule has 30 heavy (non-hydrogen) atoms. The van der Waals surface area contributed by atoms with E-state index in [4.69, 9.17) is 9.26 Å². The molecule has 4 rings (SSSR count). The third kappa shape index (κ3) is 3.90. The molecule has 0 saturated heterocycles. The molecule has 3 aromatic heterocycles. The Morgan fingerprint density at radius 1 is 1.10 bits per heavy atom. The van der Waals surface area contributed by atoms with Gasteiger partial charge in [-0.15, -0.1) is 9.90 Å². The number of pyridine rings is 1. The fraction of sp³-hybridized carbons (Fsp3) is 0.190. The Morgan fingerprint density at radius 2 is 1.93 bits per heavy atom. The van der Waals surface area contributed by atoms with Gasteiger partial charge in [0.1, 0.15) is 29.5 Å². The predicted octanol–water partition coefficient (Wildman–Crippen LogP) is 3.41. The number of aromatic nitrogens is 5. The second-order valence-electron chi connectivity index (χ2n) is 6.68. The molecule has 1 N–H and O–H groups in total. The summed E-state index contributed by atoms with van der Waals surface area (Å²) in [6, 6.07) is 10.6. The lowest BCUT2D eigenvalue weighted by atomic mass is 10.2. The monoisotopic (exact) mass is 404 g/mol. The smallest absolute Gasteiger partial charge is 0.260 e. The molecule has 0 aliphatic rings. The normalized spacial score (nSPS) is 10.8. The van der Waals surface area contributed by atoms with E-state index >= 15 is 0 Å². The minimum absolute atomic E-state index is 0.252. The average molecular weight is 404 g/mol. The number of hydrogen-bond acceptors (Lipinski definition) is 7. The fourth-order valence-electron chi connectivity index (χ4n) is 2.89. The Bertz CT molecular complexity index is 1160. The van der Waals surface area contributed by atoms with Crippen LogP contribution >= 0.6 is 0 Å². The zero-order chi connectivity index (χ0) is 21.1. The highest BCUT2D eigenvalue weighted by Gasteiger charge is 2.18. The van der Waals surface area contributed by atoms with Crippen LogP contribution in [-0.2, 0) is 6.61 Å². The molecule has 0 unspecified atom stereocenters. The Balaban J connectivity index is 1.53. The van der Waals surface area contributed by atoms with Crippen molar-refractivity contribution in [3.8, 4) is 11.4 Å². The van der Waals surface area contributed by atoms with Crippen LogP contribution in [0.25, 0.3) is 5.69 Å². The largest absolute Gasteiger partial charge is 0.488 e. The summed E-state index contributed by atoms with van der Waals surface area (Å²) in [5, 5.41) is 15.4. The number of ether oxygens (including phenoxy) is 1. The van der Waals surface area contributed by atoms with Crippen molar-refractivity contribution in [3.63, 3.8) is 0 Å². The molecule has 0 fully saturated rings. The first-order chi connectivity index (χ1) is 14.5. The number of benzene rings is 1. The number of nitrogens with zero attached hydrogens (tertiary/aromatic N) is 5. The maximum absolute atomic E-state index is 12.9. The third-order valence-corrected chi connectivity index (χ3v) is 4.58. The summed E-state index contributed by atoms with van der Waals surface area (Å²) < 4.78 is 11.1. The molecule has 0 bridgehead atoms. The maximum atomic E-state index is 12.9. The van der Waals surface area contributed by atoms with Crippen molar-refractivity contribution >= 4 is 11.7 Å². The van der Waals surface area contributed by atoms with Crippen LogP contribution in [0, 0.1) is 20.8 Å². The molecule has 1 aromatic carbocycles. The molecule has 152 valence electrons. The van der Waals surface area contributed by atoms with Crippen LogP contribution in [-0.4, -0.2) is 31.0 Å². The first kappa shape index (κ1) is 19.3. The molecule has 4 aromatic rings. The van der Waals surface area contributed by atoms with E-state index in [0.29, 0.717) is 34.3 Å². The lowest BCUT2D eigenvalue weighted by molar-refractivity contribution is 0.102. The van der Waals surface area contributed by atoms with E-state index in [1.54, 1.807) is 43.6 Å². The lowest BCUT2D eigenvalue weighted by Gasteiger charge is -2.11. The minimum Gasteiger partial charge on any atom is -0.488 e. The van der Waals surface area contributed by atoms with E-state index in [2.05, 4.69) is 25.7 Å². The van der Waals surface area contributed by atoms with Crippen molar-refractivity contribution in [2.75, 3.05) is 5.32 Å². The molecule has 0 saturated carbocycles. The van der Waals surface area contributed by atoms with E-state index < -0.39 is 0 Å². The molecule has 0 aliphatic carbocycles. The van der Waals surface area contributed by atoms with E-state index in [9.17, 15) is 4.79 Å². The number of carbonyl (C=O) groups excluding carboxylic acids is 1. The highest BCUT2D eigenvalue weighted by Crippen LogP contribution is 2.23. The summed E-state index contributed by atoms with van der Waals surface area (Å²) in [4.78, 5) is 18.4. The summed E-state index contributed by atoms with van der Waals surface area (Å²) in [6.45, 7) is 5.70. The summed E-state index contributed by atoms with van der Waals surface area (Å²) >= 11 is 0. The predicted molar refractivity (Wildman–Crippen MR) is 109 cm³/mol. The van der Waals surface area contributed by atoms with E-state index in [0.717, 1.165) is 11.3 Å². The molecule has 0 radical (unpaired) electrons. The van der Waals surface area contributed by atoms with Gasteiger partial charge in [-0.2, -0.15) is 5.10 Å². The Labute approximate surface area is 172 Å². The van der Waals surface area contributed by atoms with Crippen molar-refractivity contribution in [1.82, 2.24) is 25.1 Å². The molecular weight excluding hydrogens is 384 g/mol. The van der Waals surface area contributed by atoms with Crippen molar-refractivity contribution in [2.45, 2.75) is 27.4 Å². The van der Waals surface area contributed by atoms with Crippen molar-refractivity contribution in [3.05, 3.63) is 77.1 Å². The second kappa shape index (κ2) is 8.16. The van der Waals surface area contributed by atoms with Crippen LogP contribution in [0.15, 0.2) is 53.3 Å². The standard InChI is InChI=1S/C21H20N6O3/c1-13-18(15(3)30-26-13)12-29-19-9-5-4-8-17(19)21(28)23-20-14(2)24-27(25-20)16-7-6-10-22-11-16/h4-11H,12H2,1-3H3,(H,23,25,28). The molecular formula is C21H20N6O3. The van der Waals surface area contributed by atoms with Gasteiger partial charge in [-0.05, 0) is 45.0 Å². The van der Waals surface area contributed by atoms with Gasteiger partial charge >= 0.3 is 0 Å². The minimum atomic E-state index is -0.342. The van der Waals surface area contributed by atoms with Gasteiger partial charge in [0.15, 0.2) is 5.82 Å². The SMILES string of the molecule is Cc1nn(-c2cccnc2)nc1NC(=O)c1ccccc1OCc1c(C)noc1C. The average Bonchev–Trinajstić information content (AvgIpc) is 3.29. The number of amides is 1. The van der Waals surface area contributed by atoms with Crippen molar-refractivity contribution in [2.24, 2.45) is 0 Å². The van der Waals surface area contributed by atoms with Gasteiger partial charge in [-0.3, -0.25) is 9.78 Å². The van der Waals surface area contributed by atoms with Gasteiger partial charge in [-0.25, -0.2) is 0 Å². The van der Waals surface area contributed by atoms with Gasteiger partial charge in [0.05, 0.1) is 23.0 Å². The second-order valence-corrected chi connectivity index (χ2v) is 6.68. The summed E-state index contributed by atoms with van der Waals surface area (Å²) in [5.41, 5.74) is 3.29. The highest BCUT2D eigenvalue weighted by atomic mass is 16.5. The molecule has 0 atom stereocenters. The van der Waals surface area contributed by atoms with Crippen molar-refractivity contribution in [1.29, 1.82) is 0 Å². The first-order valence-electron chi connectivity index (χ1n) is 9.32. The molecule has 9 nitrogen and oxygen atoms in total. The number of rotatable bonds is 6. The van der Waals surface area contributed by atoms with Gasteiger partial charge in [0, 0.05) is 6.20 Å². The summed E-state index contributed by atoms with van der Waals surface area (Å²) in [7, 11) is 0. The van der Waals surface area contributed by atoms with Crippen LogP contribution in [0.3, 0.4) is 0 Å². The number of aryl methyl sites for hydroxylation is 3. The summed E-state index contributed by atoms with van der Waals surface area (Å²) in [6.07, 6.45) is 3.31. The lowest BCUT2D eigenvalue weighted by Crippen LogP contribution is -2.15. The maximum Gasteiger partial charge on any atom is 0.260 e. The van der Waals surface area contributed by atoms with Crippen LogP contribution in [0.2, 0.25) is 0 Å². The number of anilines is 1. The summed E-state index contributed by atoms with van der Waals surface area (Å²) in [5.74, 6) is 1.17. The third-order valence-electron chi connectivity index (χ3n) is 4.58. The Kier molecular flexibility index (Phi) is 5.25. The van der Waals surface area contributed by atoms with E-state index in [1.807, 2.05) is 26.0 Å². The zero-order valence-corrected chi connectivity index (χ0v) is 16.8. The van der Waals surface area contributed by atoms with Gasteiger partial charge in [0.25, 0.3) is 5.91 Å². The van der Waals surface area contributed by atoms with E-state index in [1.165, 1.54) is 4.80 Å². The number of carbonyl (C=O) groups is 1. The fourth-order valence-corrected chi connectivity index (χ4v) is 2.89. The van der Waals surface area contributed by atoms with Gasteiger partial charge in [-0.1, -0.05) is 17.3 Å². The molecule has 0 aliphatic heterocycles. The van der Waals surface area contributed by atoms with Gasteiger partial charge < -0.3 is 14.6 Å². The highest BCUT2D eigenvalue weighted by molar-refractivity contribution is 6.05. The Hall–Kier alpha value is -4.01. The van der Waals surface area contributed by atoms with Crippen LogP contribution in [0.1, 0.15) is 33.1 Å². The van der Waals surface area contributed by atoms with Crippen molar-refractivity contribution < 1.29 is 14.1 Å². The molecule has 0 spiro atoms. The quantitative estimate of drug-likeness (QED) is 0.525. The first-order valence-corrected chi connectivity index (χ1v) is 9.32. The Morgan fingerprint density at radius 3 is 2.67 bits per heavy atom. The number of hydrogen-bond donors (Lipinski definition) is 1. The number of nitrogens with one attached hydrogen (secondary N) is 1. The van der Waals surface area contributed by atoms with E-state index in [-0.39, 0.29) is 12.5 Å².